The van der Waals surface area contributed by atoms with Gasteiger partial charge in [-0.2, -0.15) is 0 Å². The topological polar surface area (TPSA) is 100 Å². The van der Waals surface area contributed by atoms with Crippen molar-refractivity contribution in [1.82, 2.24) is 9.88 Å². The third kappa shape index (κ3) is 5.55. The van der Waals surface area contributed by atoms with Gasteiger partial charge in [-0.1, -0.05) is 18.2 Å². The first-order chi connectivity index (χ1) is 16.5. The predicted octanol–water partition coefficient (Wildman–Crippen LogP) is 3.25. The number of aryl methyl sites for hydroxylation is 1. The highest BCUT2D eigenvalue weighted by atomic mass is 16.5. The fourth-order valence-electron chi connectivity index (χ4n) is 3.44. The summed E-state index contributed by atoms with van der Waals surface area (Å²) < 4.78 is 27.4. The summed E-state index contributed by atoms with van der Waals surface area (Å²) in [6.07, 6.45) is 0. The van der Waals surface area contributed by atoms with Gasteiger partial charge in [-0.05, 0) is 37.3 Å². The molecule has 1 aliphatic heterocycles. The second-order valence-electron chi connectivity index (χ2n) is 7.61. The molecule has 1 saturated heterocycles. The van der Waals surface area contributed by atoms with E-state index in [2.05, 4.69) is 4.98 Å². The molecule has 0 aliphatic carbocycles. The normalized spacial score (nSPS) is 13.4. The number of carbonyl (C=O) groups excluding carboxylic acids is 2. The van der Waals surface area contributed by atoms with Crippen molar-refractivity contribution in [2.24, 2.45) is 0 Å². The number of morpholine rings is 1. The second kappa shape index (κ2) is 10.8. The van der Waals surface area contributed by atoms with Crippen LogP contribution in [0.3, 0.4) is 0 Å². The van der Waals surface area contributed by atoms with E-state index in [4.69, 9.17) is 23.4 Å². The maximum Gasteiger partial charge on any atom is 0.338 e. The van der Waals surface area contributed by atoms with Gasteiger partial charge in [-0.25, -0.2) is 9.78 Å². The van der Waals surface area contributed by atoms with E-state index in [0.717, 1.165) is 5.56 Å². The highest BCUT2D eigenvalue weighted by molar-refractivity contribution is 5.90. The minimum atomic E-state index is -0.544. The standard InChI is InChI=1S/C25H26N2O7/c1-17-20(26-24(34-17)18-6-4-3-5-7-18)15-33-25(29)19-8-9-21(22(14-19)30-2)32-16-23(28)27-10-12-31-13-11-27/h3-9,14H,10-13,15-16H2,1-2H3. The molecule has 0 saturated carbocycles. The van der Waals surface area contributed by atoms with Crippen LogP contribution in [0.5, 0.6) is 11.5 Å². The Labute approximate surface area is 197 Å². The molecule has 2 aromatic carbocycles. The summed E-state index contributed by atoms with van der Waals surface area (Å²) in [6, 6.07) is 14.1. The highest BCUT2D eigenvalue weighted by Crippen LogP contribution is 2.29. The quantitative estimate of drug-likeness (QED) is 0.467. The molecule has 34 heavy (non-hydrogen) atoms. The third-order valence-corrected chi connectivity index (χ3v) is 5.37. The summed E-state index contributed by atoms with van der Waals surface area (Å²) in [7, 11) is 1.46. The van der Waals surface area contributed by atoms with Crippen LogP contribution in [-0.2, 0) is 20.9 Å². The minimum Gasteiger partial charge on any atom is -0.493 e. The lowest BCUT2D eigenvalue weighted by Gasteiger charge is -2.26. The molecule has 1 amide bonds. The number of nitrogens with zero attached hydrogens (tertiary/aromatic N) is 2. The zero-order valence-electron chi connectivity index (χ0n) is 19.1. The lowest BCUT2D eigenvalue weighted by atomic mass is 10.2. The third-order valence-electron chi connectivity index (χ3n) is 5.37. The van der Waals surface area contributed by atoms with E-state index in [0.29, 0.717) is 55.1 Å². The summed E-state index contributed by atoms with van der Waals surface area (Å²) >= 11 is 0. The number of carbonyl (C=O) groups is 2. The van der Waals surface area contributed by atoms with E-state index in [9.17, 15) is 9.59 Å². The lowest BCUT2D eigenvalue weighted by molar-refractivity contribution is -0.137. The Bertz CT molecular complexity index is 1140. The van der Waals surface area contributed by atoms with Crippen LogP contribution in [0.1, 0.15) is 21.8 Å². The van der Waals surface area contributed by atoms with E-state index in [1.165, 1.54) is 13.2 Å². The van der Waals surface area contributed by atoms with Gasteiger partial charge in [-0.3, -0.25) is 4.79 Å². The fourth-order valence-corrected chi connectivity index (χ4v) is 3.44. The molecule has 9 heteroatoms. The van der Waals surface area contributed by atoms with Crippen molar-refractivity contribution in [3.8, 4) is 23.0 Å². The molecular weight excluding hydrogens is 440 g/mol. The SMILES string of the molecule is COc1cc(C(=O)OCc2nc(-c3ccccc3)oc2C)ccc1OCC(=O)N1CCOCC1. The fraction of sp³-hybridized carbons (Fsp3) is 0.320. The van der Waals surface area contributed by atoms with Crippen LogP contribution in [0.4, 0.5) is 0 Å². The number of hydrogen-bond donors (Lipinski definition) is 0. The maximum atomic E-state index is 12.6. The summed E-state index contributed by atoms with van der Waals surface area (Å²) in [5, 5.41) is 0. The van der Waals surface area contributed by atoms with Crippen LogP contribution < -0.4 is 9.47 Å². The van der Waals surface area contributed by atoms with Crippen LogP contribution in [0.25, 0.3) is 11.5 Å². The number of hydrogen-bond acceptors (Lipinski definition) is 8. The van der Waals surface area contributed by atoms with Gasteiger partial charge in [0.2, 0.25) is 5.89 Å². The average Bonchev–Trinajstić information content (AvgIpc) is 3.27. The molecule has 2 heterocycles. The predicted molar refractivity (Wildman–Crippen MR) is 122 cm³/mol. The Morgan fingerprint density at radius 2 is 1.82 bits per heavy atom. The first kappa shape index (κ1) is 23.3. The van der Waals surface area contributed by atoms with Crippen LogP contribution in [0.2, 0.25) is 0 Å². The van der Waals surface area contributed by atoms with Crippen LogP contribution >= 0.6 is 0 Å². The molecule has 1 fully saturated rings. The number of rotatable bonds is 8. The van der Waals surface area contributed by atoms with Crippen molar-refractivity contribution in [3.63, 3.8) is 0 Å². The molecule has 4 rings (SSSR count). The van der Waals surface area contributed by atoms with E-state index >= 15 is 0 Å². The van der Waals surface area contributed by atoms with Gasteiger partial charge in [0.15, 0.2) is 18.1 Å². The van der Waals surface area contributed by atoms with Gasteiger partial charge in [0.25, 0.3) is 5.91 Å². The van der Waals surface area contributed by atoms with Crippen molar-refractivity contribution < 1.29 is 33.0 Å². The highest BCUT2D eigenvalue weighted by Gasteiger charge is 2.19. The molecule has 3 aromatic rings. The molecule has 9 nitrogen and oxygen atoms in total. The van der Waals surface area contributed by atoms with Crippen molar-refractivity contribution in [3.05, 3.63) is 65.5 Å². The molecule has 178 valence electrons. The van der Waals surface area contributed by atoms with Crippen LogP contribution in [-0.4, -0.2) is 61.8 Å². The van der Waals surface area contributed by atoms with Gasteiger partial charge in [0.1, 0.15) is 18.1 Å². The van der Waals surface area contributed by atoms with Gasteiger partial charge in [0, 0.05) is 18.7 Å². The Morgan fingerprint density at radius 3 is 2.56 bits per heavy atom. The molecule has 0 N–H and O–H groups in total. The number of methoxy groups -OCH3 is 1. The Kier molecular flexibility index (Phi) is 7.44. The second-order valence-corrected chi connectivity index (χ2v) is 7.61. The molecule has 0 atom stereocenters. The van der Waals surface area contributed by atoms with Gasteiger partial charge < -0.3 is 28.3 Å². The summed E-state index contributed by atoms with van der Waals surface area (Å²) in [5.74, 6) is 1.06. The Hall–Kier alpha value is -3.85. The molecule has 0 radical (unpaired) electrons. The zero-order chi connectivity index (χ0) is 23.9. The number of benzene rings is 2. The molecule has 0 unspecified atom stereocenters. The molecule has 1 aromatic heterocycles. The molecule has 0 spiro atoms. The maximum absolute atomic E-state index is 12.6. The number of oxazole rings is 1. The Morgan fingerprint density at radius 1 is 1.06 bits per heavy atom. The first-order valence-corrected chi connectivity index (χ1v) is 10.9. The largest absolute Gasteiger partial charge is 0.493 e. The summed E-state index contributed by atoms with van der Waals surface area (Å²) in [4.78, 5) is 31.0. The molecular formula is C25H26N2O7. The number of esters is 1. The van der Waals surface area contributed by atoms with Crippen LogP contribution in [0, 0.1) is 6.92 Å². The number of aromatic nitrogens is 1. The van der Waals surface area contributed by atoms with Crippen molar-refractivity contribution >= 4 is 11.9 Å². The van der Waals surface area contributed by atoms with E-state index in [1.54, 1.807) is 24.0 Å². The van der Waals surface area contributed by atoms with E-state index < -0.39 is 5.97 Å². The first-order valence-electron chi connectivity index (χ1n) is 10.9. The van der Waals surface area contributed by atoms with E-state index in [-0.39, 0.29) is 24.7 Å². The van der Waals surface area contributed by atoms with E-state index in [1.807, 2.05) is 30.3 Å². The molecule has 0 bridgehead atoms. The smallest absolute Gasteiger partial charge is 0.338 e. The molecule has 1 aliphatic rings. The lowest BCUT2D eigenvalue weighted by Crippen LogP contribution is -2.43. The van der Waals surface area contributed by atoms with Gasteiger partial charge >= 0.3 is 5.97 Å². The summed E-state index contributed by atoms with van der Waals surface area (Å²) in [6.45, 7) is 3.74. The average molecular weight is 466 g/mol. The van der Waals surface area contributed by atoms with Crippen LogP contribution in [0.15, 0.2) is 52.9 Å². The Balaban J connectivity index is 1.36. The van der Waals surface area contributed by atoms with Gasteiger partial charge in [-0.15, -0.1) is 0 Å². The van der Waals surface area contributed by atoms with Crippen molar-refractivity contribution in [1.29, 1.82) is 0 Å². The minimum absolute atomic E-state index is 0.0321. The van der Waals surface area contributed by atoms with Crippen molar-refractivity contribution in [2.75, 3.05) is 40.0 Å². The number of amides is 1. The monoisotopic (exact) mass is 466 g/mol. The summed E-state index contributed by atoms with van der Waals surface area (Å²) in [5.41, 5.74) is 1.67. The number of ether oxygens (including phenoxy) is 4. The zero-order valence-corrected chi connectivity index (χ0v) is 19.1. The van der Waals surface area contributed by atoms with Gasteiger partial charge in [0.05, 0.1) is 25.9 Å². The van der Waals surface area contributed by atoms with Crippen molar-refractivity contribution in [2.45, 2.75) is 13.5 Å².